The van der Waals surface area contributed by atoms with Crippen LogP contribution in [0.5, 0.6) is 5.75 Å². The standard InChI is InChI=1S/C17H24O4/c1-13(2)12-20-16(18)9-4-5-10-17(19)21-15-8-6-7-14(3)11-15/h6-8,11,13H,4-5,9-10,12H2,1-3H3. The highest BCUT2D eigenvalue weighted by atomic mass is 16.5. The third-order valence-corrected chi connectivity index (χ3v) is 2.81. The molecule has 0 radical (unpaired) electrons. The maximum Gasteiger partial charge on any atom is 0.311 e. The van der Waals surface area contributed by atoms with Gasteiger partial charge in [-0.1, -0.05) is 26.0 Å². The van der Waals surface area contributed by atoms with Crippen LogP contribution in [-0.4, -0.2) is 18.5 Å². The summed E-state index contributed by atoms with van der Waals surface area (Å²) in [5, 5.41) is 0. The number of aryl methyl sites for hydroxylation is 1. The zero-order chi connectivity index (χ0) is 15.7. The van der Waals surface area contributed by atoms with E-state index in [1.165, 1.54) is 0 Å². The van der Waals surface area contributed by atoms with Gasteiger partial charge in [0.2, 0.25) is 0 Å². The molecule has 0 atom stereocenters. The molecule has 1 rings (SSSR count). The van der Waals surface area contributed by atoms with Gasteiger partial charge in [0.15, 0.2) is 0 Å². The van der Waals surface area contributed by atoms with Crippen molar-refractivity contribution in [3.63, 3.8) is 0 Å². The second kappa shape index (κ2) is 9.16. The smallest absolute Gasteiger partial charge is 0.311 e. The van der Waals surface area contributed by atoms with E-state index in [9.17, 15) is 9.59 Å². The van der Waals surface area contributed by atoms with Crippen LogP contribution >= 0.6 is 0 Å². The van der Waals surface area contributed by atoms with Crippen molar-refractivity contribution in [2.24, 2.45) is 5.92 Å². The van der Waals surface area contributed by atoms with Crippen molar-refractivity contribution < 1.29 is 19.1 Å². The molecule has 0 heterocycles. The van der Waals surface area contributed by atoms with Crippen molar-refractivity contribution in [1.29, 1.82) is 0 Å². The fourth-order valence-electron chi connectivity index (χ4n) is 1.73. The first-order valence-electron chi connectivity index (χ1n) is 7.40. The molecule has 1 aromatic rings. The van der Waals surface area contributed by atoms with Crippen LogP contribution in [0.15, 0.2) is 24.3 Å². The Balaban J connectivity index is 2.15. The van der Waals surface area contributed by atoms with E-state index in [4.69, 9.17) is 9.47 Å². The Bertz CT molecular complexity index is 466. The summed E-state index contributed by atoms with van der Waals surface area (Å²) in [7, 11) is 0. The van der Waals surface area contributed by atoms with Crippen LogP contribution in [0.1, 0.15) is 45.1 Å². The van der Waals surface area contributed by atoms with Gasteiger partial charge in [-0.2, -0.15) is 0 Å². The average molecular weight is 292 g/mol. The van der Waals surface area contributed by atoms with E-state index in [0.717, 1.165) is 5.56 Å². The number of ether oxygens (including phenoxy) is 2. The molecule has 1 aromatic carbocycles. The number of rotatable bonds is 8. The normalized spacial score (nSPS) is 10.5. The summed E-state index contributed by atoms with van der Waals surface area (Å²) in [6, 6.07) is 7.37. The minimum Gasteiger partial charge on any atom is -0.465 e. The fourth-order valence-corrected chi connectivity index (χ4v) is 1.73. The topological polar surface area (TPSA) is 52.6 Å². The molecule has 0 bridgehead atoms. The van der Waals surface area contributed by atoms with Crippen LogP contribution in [0.3, 0.4) is 0 Å². The number of unbranched alkanes of at least 4 members (excludes halogenated alkanes) is 1. The van der Waals surface area contributed by atoms with Crippen LogP contribution in [0.2, 0.25) is 0 Å². The van der Waals surface area contributed by atoms with Crippen molar-refractivity contribution in [2.75, 3.05) is 6.61 Å². The van der Waals surface area contributed by atoms with Crippen molar-refractivity contribution in [1.82, 2.24) is 0 Å². The second-order valence-electron chi connectivity index (χ2n) is 5.57. The van der Waals surface area contributed by atoms with Gasteiger partial charge in [-0.15, -0.1) is 0 Å². The van der Waals surface area contributed by atoms with Crippen molar-refractivity contribution in [3.05, 3.63) is 29.8 Å². The van der Waals surface area contributed by atoms with Gasteiger partial charge in [-0.3, -0.25) is 9.59 Å². The maximum atomic E-state index is 11.6. The molecule has 0 aliphatic heterocycles. The highest BCUT2D eigenvalue weighted by Crippen LogP contribution is 2.14. The first-order valence-corrected chi connectivity index (χ1v) is 7.40. The van der Waals surface area contributed by atoms with E-state index in [-0.39, 0.29) is 11.9 Å². The van der Waals surface area contributed by atoms with Crippen LogP contribution in [0.4, 0.5) is 0 Å². The summed E-state index contributed by atoms with van der Waals surface area (Å²) >= 11 is 0. The van der Waals surface area contributed by atoms with Crippen LogP contribution in [0, 0.1) is 12.8 Å². The lowest BCUT2D eigenvalue weighted by Gasteiger charge is -2.07. The second-order valence-corrected chi connectivity index (χ2v) is 5.57. The van der Waals surface area contributed by atoms with Gasteiger partial charge >= 0.3 is 11.9 Å². The quantitative estimate of drug-likeness (QED) is 0.417. The minimum atomic E-state index is -0.267. The minimum absolute atomic E-state index is 0.198. The number of hydrogen-bond donors (Lipinski definition) is 0. The summed E-state index contributed by atoms with van der Waals surface area (Å²) < 4.78 is 10.3. The summed E-state index contributed by atoms with van der Waals surface area (Å²) in [6.45, 7) is 6.39. The van der Waals surface area contributed by atoms with E-state index in [0.29, 0.717) is 44.0 Å². The molecule has 0 aliphatic carbocycles. The van der Waals surface area contributed by atoms with Gasteiger partial charge in [-0.25, -0.2) is 0 Å². The molecule has 0 aromatic heterocycles. The van der Waals surface area contributed by atoms with Gasteiger partial charge < -0.3 is 9.47 Å². The largest absolute Gasteiger partial charge is 0.465 e. The highest BCUT2D eigenvalue weighted by molar-refractivity contribution is 5.72. The van der Waals surface area contributed by atoms with Gasteiger partial charge in [0.05, 0.1) is 6.61 Å². The highest BCUT2D eigenvalue weighted by Gasteiger charge is 2.07. The molecule has 0 aliphatic rings. The summed E-state index contributed by atoms with van der Waals surface area (Å²) in [5.41, 5.74) is 1.05. The van der Waals surface area contributed by atoms with E-state index < -0.39 is 0 Å². The predicted octanol–water partition coefficient (Wildman–Crippen LogP) is 3.66. The molecular formula is C17H24O4. The lowest BCUT2D eigenvalue weighted by Crippen LogP contribution is -2.10. The van der Waals surface area contributed by atoms with E-state index in [2.05, 4.69) is 0 Å². The molecule has 0 spiro atoms. The average Bonchev–Trinajstić information content (AvgIpc) is 2.41. The Morgan fingerprint density at radius 2 is 1.76 bits per heavy atom. The molecule has 0 saturated carbocycles. The van der Waals surface area contributed by atoms with Crippen LogP contribution in [0.25, 0.3) is 0 Å². The van der Waals surface area contributed by atoms with Gasteiger partial charge in [-0.05, 0) is 43.4 Å². The number of benzene rings is 1. The number of esters is 2. The first kappa shape index (κ1) is 17.2. The Kier molecular flexibility index (Phi) is 7.51. The molecule has 0 unspecified atom stereocenters. The van der Waals surface area contributed by atoms with E-state index >= 15 is 0 Å². The SMILES string of the molecule is Cc1cccc(OC(=O)CCCCC(=O)OCC(C)C)c1. The summed E-state index contributed by atoms with van der Waals surface area (Å²) in [5.74, 6) is 0.446. The molecule has 0 amide bonds. The van der Waals surface area contributed by atoms with Gasteiger partial charge in [0.1, 0.15) is 5.75 Å². The Labute approximate surface area is 126 Å². The molecule has 0 fully saturated rings. The van der Waals surface area contributed by atoms with Crippen LogP contribution in [-0.2, 0) is 14.3 Å². The lowest BCUT2D eigenvalue weighted by molar-refractivity contribution is -0.145. The monoisotopic (exact) mass is 292 g/mol. The molecule has 116 valence electrons. The van der Waals surface area contributed by atoms with Crippen molar-refractivity contribution in [2.45, 2.75) is 46.5 Å². The number of carbonyl (C=O) groups excluding carboxylic acids is 2. The third-order valence-electron chi connectivity index (χ3n) is 2.81. The maximum absolute atomic E-state index is 11.6. The summed E-state index contributed by atoms with van der Waals surface area (Å²) in [6.07, 6.45) is 1.93. The lowest BCUT2D eigenvalue weighted by atomic mass is 10.2. The van der Waals surface area contributed by atoms with Crippen molar-refractivity contribution in [3.8, 4) is 5.75 Å². The van der Waals surface area contributed by atoms with Gasteiger partial charge in [0.25, 0.3) is 0 Å². The first-order chi connectivity index (χ1) is 9.97. The van der Waals surface area contributed by atoms with E-state index in [1.807, 2.05) is 39.0 Å². The Morgan fingerprint density at radius 1 is 1.10 bits per heavy atom. The Morgan fingerprint density at radius 3 is 2.38 bits per heavy atom. The predicted molar refractivity (Wildman–Crippen MR) is 81.1 cm³/mol. The molecular weight excluding hydrogens is 268 g/mol. The van der Waals surface area contributed by atoms with Crippen molar-refractivity contribution >= 4 is 11.9 Å². The summed E-state index contributed by atoms with van der Waals surface area (Å²) in [4.78, 5) is 23.0. The zero-order valence-electron chi connectivity index (χ0n) is 13.1. The molecule has 0 saturated heterocycles. The Hall–Kier alpha value is -1.84. The van der Waals surface area contributed by atoms with Crippen LogP contribution < -0.4 is 4.74 Å². The molecule has 0 N–H and O–H groups in total. The number of carbonyl (C=O) groups is 2. The zero-order valence-corrected chi connectivity index (χ0v) is 13.1. The number of hydrogen-bond acceptors (Lipinski definition) is 4. The molecule has 21 heavy (non-hydrogen) atoms. The molecule has 4 nitrogen and oxygen atoms in total. The molecule has 4 heteroatoms. The third kappa shape index (κ3) is 8.12. The van der Waals surface area contributed by atoms with E-state index in [1.54, 1.807) is 6.07 Å². The fraction of sp³-hybridized carbons (Fsp3) is 0.529. The van der Waals surface area contributed by atoms with Gasteiger partial charge in [0, 0.05) is 12.8 Å².